The van der Waals surface area contributed by atoms with E-state index in [-0.39, 0.29) is 0 Å². The van der Waals surface area contributed by atoms with E-state index < -0.39 is 0 Å². The molecular weight excluding hydrogens is 172 g/mol. The Morgan fingerprint density at radius 1 is 1.14 bits per heavy atom. The maximum atomic E-state index is 4.47. The van der Waals surface area contributed by atoms with Crippen LogP contribution in [-0.2, 0) is 0 Å². The normalized spacial score (nSPS) is 35.9. The second kappa shape index (κ2) is 3.35. The molecule has 0 amide bonds. The highest BCUT2D eigenvalue weighted by Gasteiger charge is 2.34. The minimum Gasteiger partial charge on any atom is -0.311 e. The Labute approximate surface area is 84.7 Å². The molecule has 3 rings (SSSR count). The van der Waals surface area contributed by atoms with Crippen LogP contribution in [0.1, 0.15) is 37.3 Å². The summed E-state index contributed by atoms with van der Waals surface area (Å²) < 4.78 is 0. The molecule has 74 valence electrons. The average Bonchev–Trinajstić information content (AvgIpc) is 2.59. The van der Waals surface area contributed by atoms with E-state index in [1.165, 1.54) is 31.4 Å². The Bertz CT molecular complexity index is 297. The molecule has 0 radical (unpaired) electrons. The van der Waals surface area contributed by atoms with Gasteiger partial charge in [0, 0.05) is 29.9 Å². The van der Waals surface area contributed by atoms with E-state index in [1.54, 1.807) is 0 Å². The van der Waals surface area contributed by atoms with Gasteiger partial charge in [-0.2, -0.15) is 0 Å². The molecule has 1 aromatic rings. The molecule has 2 atom stereocenters. The molecule has 0 aliphatic carbocycles. The van der Waals surface area contributed by atoms with E-state index in [0.717, 1.165) is 12.1 Å². The molecule has 2 saturated heterocycles. The zero-order valence-corrected chi connectivity index (χ0v) is 8.32. The lowest BCUT2D eigenvalue weighted by Gasteiger charge is -2.28. The third-order valence-electron chi connectivity index (χ3n) is 3.58. The van der Waals surface area contributed by atoms with E-state index in [0.29, 0.717) is 5.92 Å². The molecule has 0 spiro atoms. The van der Waals surface area contributed by atoms with Gasteiger partial charge in [-0.1, -0.05) is 6.07 Å². The lowest BCUT2D eigenvalue weighted by Crippen LogP contribution is -2.37. The number of nitrogens with one attached hydrogen (secondary N) is 1. The van der Waals surface area contributed by atoms with Crippen LogP contribution < -0.4 is 5.32 Å². The highest BCUT2D eigenvalue weighted by atomic mass is 15.0. The summed E-state index contributed by atoms with van der Waals surface area (Å²) in [5.41, 5.74) is 1.30. The van der Waals surface area contributed by atoms with Crippen LogP contribution in [0.2, 0.25) is 0 Å². The van der Waals surface area contributed by atoms with Crippen LogP contribution >= 0.6 is 0 Å². The summed E-state index contributed by atoms with van der Waals surface area (Å²) in [5.74, 6) is 0.704. The smallest absolute Gasteiger partial charge is 0.0435 e. The predicted molar refractivity (Wildman–Crippen MR) is 56.2 cm³/mol. The van der Waals surface area contributed by atoms with Crippen LogP contribution in [0.4, 0.5) is 0 Å². The van der Waals surface area contributed by atoms with Crippen molar-refractivity contribution in [2.45, 2.75) is 43.7 Å². The maximum absolute atomic E-state index is 4.47. The predicted octanol–water partition coefficient (Wildman–Crippen LogP) is 2.08. The summed E-state index contributed by atoms with van der Waals surface area (Å²) in [4.78, 5) is 4.47. The lowest BCUT2D eigenvalue weighted by atomic mass is 9.89. The molecule has 2 aliphatic heterocycles. The molecule has 1 aromatic heterocycles. The summed E-state index contributed by atoms with van der Waals surface area (Å²) in [6.45, 7) is 0. The maximum Gasteiger partial charge on any atom is 0.0435 e. The Morgan fingerprint density at radius 3 is 2.57 bits per heavy atom. The van der Waals surface area contributed by atoms with Crippen molar-refractivity contribution in [3.8, 4) is 0 Å². The number of nitrogens with zero attached hydrogens (tertiary/aromatic N) is 1. The fourth-order valence-corrected chi connectivity index (χ4v) is 2.92. The van der Waals surface area contributed by atoms with Crippen LogP contribution in [0.25, 0.3) is 0 Å². The fourth-order valence-electron chi connectivity index (χ4n) is 2.92. The topological polar surface area (TPSA) is 24.9 Å². The van der Waals surface area contributed by atoms with Gasteiger partial charge in [-0.25, -0.2) is 0 Å². The van der Waals surface area contributed by atoms with Gasteiger partial charge >= 0.3 is 0 Å². The fraction of sp³-hybridized carbons (Fsp3) is 0.583. The minimum atomic E-state index is 0.704. The molecule has 3 heterocycles. The molecular formula is C12H16N2. The molecule has 0 saturated carbocycles. The van der Waals surface area contributed by atoms with Crippen LogP contribution in [0.5, 0.6) is 0 Å². The molecule has 2 unspecified atom stereocenters. The van der Waals surface area contributed by atoms with E-state index in [9.17, 15) is 0 Å². The first-order valence-corrected chi connectivity index (χ1v) is 5.59. The number of pyridine rings is 1. The molecule has 0 aromatic carbocycles. The van der Waals surface area contributed by atoms with Crippen molar-refractivity contribution >= 4 is 0 Å². The summed E-state index contributed by atoms with van der Waals surface area (Å²) in [5, 5.41) is 3.66. The Hall–Kier alpha value is -0.890. The SMILES string of the molecule is c1ccc(C2CC3CCC(C2)N3)nc1. The number of aromatic nitrogens is 1. The molecule has 14 heavy (non-hydrogen) atoms. The largest absolute Gasteiger partial charge is 0.311 e. The van der Waals surface area contributed by atoms with Crippen molar-refractivity contribution in [1.29, 1.82) is 0 Å². The van der Waals surface area contributed by atoms with Crippen molar-refractivity contribution in [3.05, 3.63) is 30.1 Å². The number of hydrogen-bond donors (Lipinski definition) is 1. The second-order valence-electron chi connectivity index (χ2n) is 4.56. The van der Waals surface area contributed by atoms with Gasteiger partial charge in [0.1, 0.15) is 0 Å². The number of hydrogen-bond acceptors (Lipinski definition) is 2. The first kappa shape index (κ1) is 8.42. The minimum absolute atomic E-state index is 0.704. The standard InChI is InChI=1S/C12H16N2/c1-2-6-13-12(3-1)9-7-10-4-5-11(8-9)14-10/h1-3,6,9-11,14H,4-5,7-8H2. The summed E-state index contributed by atoms with van der Waals surface area (Å²) in [7, 11) is 0. The third kappa shape index (κ3) is 1.44. The van der Waals surface area contributed by atoms with Crippen LogP contribution in [0.15, 0.2) is 24.4 Å². The summed E-state index contributed by atoms with van der Waals surface area (Å²) in [6.07, 6.45) is 7.22. The van der Waals surface area contributed by atoms with E-state index in [1.807, 2.05) is 12.3 Å². The molecule has 1 N–H and O–H groups in total. The lowest BCUT2D eigenvalue weighted by molar-refractivity contribution is 0.359. The van der Waals surface area contributed by atoms with Crippen LogP contribution in [0, 0.1) is 0 Å². The first-order valence-electron chi connectivity index (χ1n) is 5.59. The molecule has 2 heteroatoms. The van der Waals surface area contributed by atoms with Gasteiger partial charge in [0.05, 0.1) is 0 Å². The van der Waals surface area contributed by atoms with E-state index in [2.05, 4.69) is 22.4 Å². The van der Waals surface area contributed by atoms with Gasteiger partial charge < -0.3 is 5.32 Å². The van der Waals surface area contributed by atoms with Gasteiger partial charge in [-0.3, -0.25) is 4.98 Å². The van der Waals surface area contributed by atoms with Gasteiger partial charge in [0.2, 0.25) is 0 Å². The van der Waals surface area contributed by atoms with Crippen LogP contribution in [-0.4, -0.2) is 17.1 Å². The highest BCUT2D eigenvalue weighted by molar-refractivity contribution is 5.13. The van der Waals surface area contributed by atoms with Crippen molar-refractivity contribution in [2.75, 3.05) is 0 Å². The third-order valence-corrected chi connectivity index (χ3v) is 3.58. The van der Waals surface area contributed by atoms with Gasteiger partial charge in [-0.15, -0.1) is 0 Å². The number of fused-ring (bicyclic) bond motifs is 2. The van der Waals surface area contributed by atoms with Crippen molar-refractivity contribution in [3.63, 3.8) is 0 Å². The molecule has 2 fully saturated rings. The van der Waals surface area contributed by atoms with Gasteiger partial charge in [-0.05, 0) is 37.8 Å². The van der Waals surface area contributed by atoms with Crippen molar-refractivity contribution in [1.82, 2.24) is 10.3 Å². The zero-order valence-electron chi connectivity index (χ0n) is 8.32. The van der Waals surface area contributed by atoms with E-state index in [4.69, 9.17) is 0 Å². The van der Waals surface area contributed by atoms with E-state index >= 15 is 0 Å². The quantitative estimate of drug-likeness (QED) is 0.730. The Kier molecular flexibility index (Phi) is 2.02. The van der Waals surface area contributed by atoms with Gasteiger partial charge in [0.15, 0.2) is 0 Å². The van der Waals surface area contributed by atoms with Crippen molar-refractivity contribution < 1.29 is 0 Å². The monoisotopic (exact) mass is 188 g/mol. The highest BCUT2D eigenvalue weighted by Crippen LogP contribution is 2.36. The number of rotatable bonds is 1. The summed E-state index contributed by atoms with van der Waals surface area (Å²) >= 11 is 0. The average molecular weight is 188 g/mol. The number of piperidine rings is 1. The Morgan fingerprint density at radius 2 is 1.93 bits per heavy atom. The summed E-state index contributed by atoms with van der Waals surface area (Å²) in [6, 6.07) is 7.81. The first-order chi connectivity index (χ1) is 6.92. The molecule has 2 nitrogen and oxygen atoms in total. The molecule has 2 bridgehead atoms. The Balaban J connectivity index is 1.81. The van der Waals surface area contributed by atoms with Crippen molar-refractivity contribution in [2.24, 2.45) is 0 Å². The van der Waals surface area contributed by atoms with Crippen LogP contribution in [0.3, 0.4) is 0 Å². The second-order valence-corrected chi connectivity index (χ2v) is 4.56. The molecule has 2 aliphatic rings. The van der Waals surface area contributed by atoms with Gasteiger partial charge in [0.25, 0.3) is 0 Å². The zero-order chi connectivity index (χ0) is 9.38.